The second kappa shape index (κ2) is 8.51. The van der Waals surface area contributed by atoms with E-state index in [2.05, 4.69) is 16.0 Å². The highest BCUT2D eigenvalue weighted by atomic mass is 16.2. The van der Waals surface area contributed by atoms with Gasteiger partial charge in [-0.15, -0.1) is 0 Å². The van der Waals surface area contributed by atoms with Gasteiger partial charge < -0.3 is 16.0 Å². The Bertz CT molecular complexity index is 378. The Morgan fingerprint density at radius 2 is 2.05 bits per heavy atom. The van der Waals surface area contributed by atoms with Crippen LogP contribution in [-0.2, 0) is 9.59 Å². The van der Waals surface area contributed by atoms with E-state index < -0.39 is 0 Å². The fourth-order valence-electron chi connectivity index (χ4n) is 3.56. The van der Waals surface area contributed by atoms with Crippen molar-refractivity contribution in [2.24, 2.45) is 11.8 Å². The number of hydrogen-bond donors (Lipinski definition) is 3. The van der Waals surface area contributed by atoms with Gasteiger partial charge in [-0.1, -0.05) is 6.42 Å². The minimum absolute atomic E-state index is 0.0560. The fraction of sp³-hybridized carbons (Fsp3) is 0.882. The number of amides is 2. The van der Waals surface area contributed by atoms with Crippen LogP contribution in [0.4, 0.5) is 0 Å². The van der Waals surface area contributed by atoms with Gasteiger partial charge in [0.25, 0.3) is 0 Å². The SMILES string of the molecule is CC(C)NC(=O)C1CCCC(NC(=O)CCC2CCNC2)C1. The highest BCUT2D eigenvalue weighted by Crippen LogP contribution is 2.25. The quantitative estimate of drug-likeness (QED) is 0.697. The lowest BCUT2D eigenvalue weighted by molar-refractivity contribution is -0.128. The van der Waals surface area contributed by atoms with Crippen molar-refractivity contribution in [2.45, 2.75) is 70.9 Å². The van der Waals surface area contributed by atoms with Gasteiger partial charge in [0.2, 0.25) is 11.8 Å². The van der Waals surface area contributed by atoms with Crippen LogP contribution in [0.1, 0.15) is 58.8 Å². The molecule has 1 saturated carbocycles. The molecule has 0 aromatic carbocycles. The zero-order chi connectivity index (χ0) is 15.9. The van der Waals surface area contributed by atoms with Gasteiger partial charge in [-0.25, -0.2) is 0 Å². The lowest BCUT2D eigenvalue weighted by Gasteiger charge is -2.29. The summed E-state index contributed by atoms with van der Waals surface area (Å²) in [6.07, 6.45) is 6.53. The van der Waals surface area contributed by atoms with E-state index in [1.54, 1.807) is 0 Å². The molecule has 0 bridgehead atoms. The first-order valence-electron chi connectivity index (χ1n) is 8.85. The van der Waals surface area contributed by atoms with Crippen molar-refractivity contribution in [3.8, 4) is 0 Å². The molecule has 5 heteroatoms. The van der Waals surface area contributed by atoms with E-state index in [0.717, 1.165) is 45.2 Å². The fourth-order valence-corrected chi connectivity index (χ4v) is 3.56. The van der Waals surface area contributed by atoms with Crippen LogP contribution >= 0.6 is 0 Å². The van der Waals surface area contributed by atoms with Gasteiger partial charge in [0.15, 0.2) is 0 Å². The Morgan fingerprint density at radius 1 is 1.23 bits per heavy atom. The van der Waals surface area contributed by atoms with Crippen molar-refractivity contribution >= 4 is 11.8 Å². The van der Waals surface area contributed by atoms with Crippen LogP contribution in [0, 0.1) is 11.8 Å². The van der Waals surface area contributed by atoms with Crippen molar-refractivity contribution in [1.29, 1.82) is 0 Å². The van der Waals surface area contributed by atoms with E-state index in [1.165, 1.54) is 6.42 Å². The van der Waals surface area contributed by atoms with Crippen molar-refractivity contribution < 1.29 is 9.59 Å². The largest absolute Gasteiger partial charge is 0.354 e. The molecule has 2 fully saturated rings. The van der Waals surface area contributed by atoms with Crippen LogP contribution in [0.5, 0.6) is 0 Å². The van der Waals surface area contributed by atoms with E-state index in [4.69, 9.17) is 0 Å². The molecule has 0 radical (unpaired) electrons. The topological polar surface area (TPSA) is 70.2 Å². The number of rotatable bonds is 6. The zero-order valence-electron chi connectivity index (χ0n) is 14.0. The summed E-state index contributed by atoms with van der Waals surface area (Å²) in [5.41, 5.74) is 0. The predicted molar refractivity (Wildman–Crippen MR) is 87.4 cm³/mol. The Labute approximate surface area is 134 Å². The maximum Gasteiger partial charge on any atom is 0.223 e. The standard InChI is InChI=1S/C17H31N3O2/c1-12(2)19-17(22)14-4-3-5-15(10-14)20-16(21)7-6-13-8-9-18-11-13/h12-15,18H,3-11H2,1-2H3,(H,19,22)(H,20,21). The molecule has 3 atom stereocenters. The van der Waals surface area contributed by atoms with E-state index in [0.29, 0.717) is 12.3 Å². The minimum atomic E-state index is 0.0560. The lowest BCUT2D eigenvalue weighted by Crippen LogP contribution is -2.43. The molecular weight excluding hydrogens is 278 g/mol. The molecule has 5 nitrogen and oxygen atoms in total. The second-order valence-corrected chi connectivity index (χ2v) is 7.19. The van der Waals surface area contributed by atoms with Gasteiger partial charge in [-0.2, -0.15) is 0 Å². The number of hydrogen-bond acceptors (Lipinski definition) is 3. The Hall–Kier alpha value is -1.10. The maximum absolute atomic E-state index is 12.1. The summed E-state index contributed by atoms with van der Waals surface area (Å²) in [7, 11) is 0. The number of carbonyl (C=O) groups excluding carboxylic acids is 2. The van der Waals surface area contributed by atoms with E-state index in [1.807, 2.05) is 13.8 Å². The molecule has 1 aliphatic carbocycles. The second-order valence-electron chi connectivity index (χ2n) is 7.19. The molecule has 0 aromatic heterocycles. The highest BCUT2D eigenvalue weighted by Gasteiger charge is 2.28. The molecule has 2 amide bonds. The van der Waals surface area contributed by atoms with Crippen molar-refractivity contribution in [2.75, 3.05) is 13.1 Å². The minimum Gasteiger partial charge on any atom is -0.354 e. The third kappa shape index (κ3) is 5.59. The first-order chi connectivity index (χ1) is 10.5. The number of nitrogens with one attached hydrogen (secondary N) is 3. The van der Waals surface area contributed by atoms with Gasteiger partial charge in [-0.3, -0.25) is 9.59 Å². The summed E-state index contributed by atoms with van der Waals surface area (Å²) in [4.78, 5) is 24.2. The van der Waals surface area contributed by atoms with Crippen LogP contribution in [0.25, 0.3) is 0 Å². The van der Waals surface area contributed by atoms with Gasteiger partial charge in [0.05, 0.1) is 0 Å². The average Bonchev–Trinajstić information content (AvgIpc) is 2.98. The summed E-state index contributed by atoms with van der Waals surface area (Å²) in [5.74, 6) is 1.01. The van der Waals surface area contributed by atoms with Gasteiger partial charge in [0, 0.05) is 24.4 Å². The first kappa shape index (κ1) is 17.3. The molecule has 1 saturated heterocycles. The van der Waals surface area contributed by atoms with Crippen LogP contribution in [0.15, 0.2) is 0 Å². The van der Waals surface area contributed by atoms with Gasteiger partial charge in [0.1, 0.15) is 0 Å². The molecule has 3 unspecified atom stereocenters. The predicted octanol–water partition coefficient (Wildman–Crippen LogP) is 1.58. The zero-order valence-corrected chi connectivity index (χ0v) is 14.0. The summed E-state index contributed by atoms with van der Waals surface area (Å²) < 4.78 is 0. The van der Waals surface area contributed by atoms with Crippen LogP contribution < -0.4 is 16.0 Å². The molecule has 0 spiro atoms. The molecular formula is C17H31N3O2. The smallest absolute Gasteiger partial charge is 0.223 e. The molecule has 126 valence electrons. The summed E-state index contributed by atoms with van der Waals surface area (Å²) >= 11 is 0. The Morgan fingerprint density at radius 3 is 2.73 bits per heavy atom. The Kier molecular flexibility index (Phi) is 6.68. The number of carbonyl (C=O) groups is 2. The maximum atomic E-state index is 12.1. The van der Waals surface area contributed by atoms with Crippen LogP contribution in [0.2, 0.25) is 0 Å². The molecule has 2 aliphatic rings. The van der Waals surface area contributed by atoms with Crippen molar-refractivity contribution in [1.82, 2.24) is 16.0 Å². The molecule has 22 heavy (non-hydrogen) atoms. The third-order valence-corrected chi connectivity index (χ3v) is 4.78. The molecule has 1 aliphatic heterocycles. The average molecular weight is 309 g/mol. The van der Waals surface area contributed by atoms with Crippen LogP contribution in [-0.4, -0.2) is 37.0 Å². The van der Waals surface area contributed by atoms with E-state index in [-0.39, 0.29) is 29.8 Å². The molecule has 0 aromatic rings. The first-order valence-corrected chi connectivity index (χ1v) is 8.85. The summed E-state index contributed by atoms with van der Waals surface area (Å²) in [5, 5.41) is 9.47. The summed E-state index contributed by atoms with van der Waals surface area (Å²) in [6, 6.07) is 0.355. The van der Waals surface area contributed by atoms with Gasteiger partial charge >= 0.3 is 0 Å². The lowest BCUT2D eigenvalue weighted by atomic mass is 9.85. The normalized spacial score (nSPS) is 28.6. The van der Waals surface area contributed by atoms with E-state index in [9.17, 15) is 9.59 Å². The molecule has 2 rings (SSSR count). The van der Waals surface area contributed by atoms with Gasteiger partial charge in [-0.05, 0) is 65.0 Å². The van der Waals surface area contributed by atoms with Crippen molar-refractivity contribution in [3.63, 3.8) is 0 Å². The van der Waals surface area contributed by atoms with Crippen molar-refractivity contribution in [3.05, 3.63) is 0 Å². The summed E-state index contributed by atoms with van der Waals surface area (Å²) in [6.45, 7) is 6.10. The molecule has 1 heterocycles. The molecule has 3 N–H and O–H groups in total. The highest BCUT2D eigenvalue weighted by molar-refractivity contribution is 5.79. The van der Waals surface area contributed by atoms with Crippen LogP contribution in [0.3, 0.4) is 0 Å². The monoisotopic (exact) mass is 309 g/mol. The Balaban J connectivity index is 1.70. The third-order valence-electron chi connectivity index (χ3n) is 4.78. The van der Waals surface area contributed by atoms with E-state index >= 15 is 0 Å².